The number of ether oxygens (including phenoxy) is 1. The fraction of sp³-hybridized carbons (Fsp3) is 0.192. The maximum absolute atomic E-state index is 13.0. The highest BCUT2D eigenvalue weighted by molar-refractivity contribution is 8.18. The minimum absolute atomic E-state index is 0.261. The summed E-state index contributed by atoms with van der Waals surface area (Å²) in [6.07, 6.45) is 2.58. The molecule has 4 rings (SSSR count). The van der Waals surface area contributed by atoms with Crippen molar-refractivity contribution in [3.8, 4) is 5.75 Å². The van der Waals surface area contributed by atoms with E-state index < -0.39 is 17.1 Å². The molecule has 0 aromatic heterocycles. The highest BCUT2D eigenvalue weighted by Gasteiger charge is 2.36. The number of hydrogen-bond donors (Lipinski definition) is 1. The van der Waals surface area contributed by atoms with E-state index in [1.807, 2.05) is 55.5 Å². The summed E-state index contributed by atoms with van der Waals surface area (Å²) in [7, 11) is 0. The number of aryl methyl sites for hydroxylation is 1. The molecule has 3 aromatic rings. The number of imide groups is 1. The second-order valence-corrected chi connectivity index (χ2v) is 8.49. The quantitative estimate of drug-likeness (QED) is 0.473. The number of nitrogens with one attached hydrogen (secondary N) is 1. The first kappa shape index (κ1) is 22.6. The monoisotopic (exact) mass is 460 g/mol. The van der Waals surface area contributed by atoms with Gasteiger partial charge >= 0.3 is 0 Å². The molecule has 1 fully saturated rings. The molecule has 3 amide bonds. The first-order valence-electron chi connectivity index (χ1n) is 10.8. The van der Waals surface area contributed by atoms with Crippen LogP contribution in [0.1, 0.15) is 25.0 Å². The molecule has 0 spiro atoms. The Labute approximate surface area is 196 Å². The molecule has 0 unspecified atom stereocenters. The SMILES string of the molecule is CCOc1ccc2ccccc2c1/C=C1/SC(=O)N(CC(=O)Nc2ccc(CC)cc2)C1=O. The number of benzene rings is 3. The van der Waals surface area contributed by atoms with Gasteiger partial charge in [-0.15, -0.1) is 0 Å². The lowest BCUT2D eigenvalue weighted by Crippen LogP contribution is -2.36. The average Bonchev–Trinajstić information content (AvgIpc) is 3.08. The van der Waals surface area contributed by atoms with E-state index in [9.17, 15) is 14.4 Å². The summed E-state index contributed by atoms with van der Waals surface area (Å²) >= 11 is 0.828. The Morgan fingerprint density at radius 2 is 1.79 bits per heavy atom. The van der Waals surface area contributed by atoms with Crippen molar-refractivity contribution in [3.05, 3.63) is 76.7 Å². The van der Waals surface area contributed by atoms with E-state index in [0.29, 0.717) is 18.0 Å². The Kier molecular flexibility index (Phi) is 6.79. The molecule has 1 aliphatic rings. The highest BCUT2D eigenvalue weighted by atomic mass is 32.2. The second-order valence-electron chi connectivity index (χ2n) is 7.50. The lowest BCUT2D eigenvalue weighted by atomic mass is 10.0. The van der Waals surface area contributed by atoms with Crippen molar-refractivity contribution in [1.82, 2.24) is 4.90 Å². The van der Waals surface area contributed by atoms with E-state index in [2.05, 4.69) is 12.2 Å². The van der Waals surface area contributed by atoms with Crippen molar-refractivity contribution < 1.29 is 19.1 Å². The van der Waals surface area contributed by atoms with Gasteiger partial charge in [-0.2, -0.15) is 0 Å². The number of amides is 3. The van der Waals surface area contributed by atoms with Gasteiger partial charge in [0.05, 0.1) is 11.5 Å². The van der Waals surface area contributed by atoms with Gasteiger partial charge in [0.1, 0.15) is 12.3 Å². The fourth-order valence-corrected chi connectivity index (χ4v) is 4.46. The number of nitrogens with zero attached hydrogens (tertiary/aromatic N) is 1. The second kappa shape index (κ2) is 9.92. The zero-order valence-corrected chi connectivity index (χ0v) is 19.3. The number of thioether (sulfide) groups is 1. The van der Waals surface area contributed by atoms with Crippen molar-refractivity contribution in [3.63, 3.8) is 0 Å². The largest absolute Gasteiger partial charge is 0.493 e. The number of fused-ring (bicyclic) bond motifs is 1. The molecule has 0 aliphatic carbocycles. The molecule has 1 aliphatic heterocycles. The van der Waals surface area contributed by atoms with Gasteiger partial charge in [-0.1, -0.05) is 49.4 Å². The smallest absolute Gasteiger partial charge is 0.294 e. The zero-order valence-electron chi connectivity index (χ0n) is 18.5. The average molecular weight is 461 g/mol. The van der Waals surface area contributed by atoms with E-state index in [4.69, 9.17) is 4.74 Å². The molecule has 168 valence electrons. The summed E-state index contributed by atoms with van der Waals surface area (Å²) < 4.78 is 5.76. The molecule has 6 nitrogen and oxygen atoms in total. The van der Waals surface area contributed by atoms with Crippen LogP contribution in [0.5, 0.6) is 5.75 Å². The van der Waals surface area contributed by atoms with Crippen molar-refractivity contribution in [2.75, 3.05) is 18.5 Å². The Bertz CT molecular complexity index is 1250. The number of rotatable bonds is 7. The molecular weight excluding hydrogens is 436 g/mol. The number of carbonyl (C=O) groups excluding carboxylic acids is 3. The van der Waals surface area contributed by atoms with Gasteiger partial charge in [-0.25, -0.2) is 0 Å². The minimum atomic E-state index is -0.489. The van der Waals surface area contributed by atoms with E-state index >= 15 is 0 Å². The third kappa shape index (κ3) is 4.93. The van der Waals surface area contributed by atoms with Gasteiger partial charge in [-0.3, -0.25) is 19.3 Å². The van der Waals surface area contributed by atoms with Crippen LogP contribution in [0.4, 0.5) is 10.5 Å². The van der Waals surface area contributed by atoms with Crippen LogP contribution in [-0.2, 0) is 16.0 Å². The molecule has 3 aromatic carbocycles. The normalized spacial score (nSPS) is 14.8. The van der Waals surface area contributed by atoms with Crippen LogP contribution in [-0.4, -0.2) is 35.1 Å². The van der Waals surface area contributed by atoms with Gasteiger partial charge in [0.25, 0.3) is 11.1 Å². The third-order valence-corrected chi connectivity index (χ3v) is 6.23. The molecule has 7 heteroatoms. The predicted octanol–water partition coefficient (Wildman–Crippen LogP) is 5.48. The maximum Gasteiger partial charge on any atom is 0.294 e. The van der Waals surface area contributed by atoms with Crippen LogP contribution < -0.4 is 10.1 Å². The van der Waals surface area contributed by atoms with E-state index in [-0.39, 0.29) is 11.4 Å². The number of carbonyl (C=O) groups is 3. The Morgan fingerprint density at radius 1 is 1.03 bits per heavy atom. The molecule has 0 radical (unpaired) electrons. The molecule has 1 saturated heterocycles. The Balaban J connectivity index is 1.55. The Morgan fingerprint density at radius 3 is 2.52 bits per heavy atom. The molecule has 0 bridgehead atoms. The minimum Gasteiger partial charge on any atom is -0.493 e. The molecule has 1 heterocycles. The first-order valence-corrected chi connectivity index (χ1v) is 11.6. The number of hydrogen-bond acceptors (Lipinski definition) is 5. The molecular formula is C26H24N2O4S. The molecule has 0 saturated carbocycles. The summed E-state index contributed by atoms with van der Waals surface area (Å²) in [6, 6.07) is 19.1. The van der Waals surface area contributed by atoms with Crippen LogP contribution in [0.25, 0.3) is 16.8 Å². The summed E-state index contributed by atoms with van der Waals surface area (Å²) in [6.45, 7) is 4.07. The van der Waals surface area contributed by atoms with Crippen LogP contribution in [0.3, 0.4) is 0 Å². The first-order chi connectivity index (χ1) is 16.0. The van der Waals surface area contributed by atoms with Crippen LogP contribution in [0, 0.1) is 0 Å². The molecule has 33 heavy (non-hydrogen) atoms. The standard InChI is InChI=1S/C26H24N2O4S/c1-3-17-9-12-19(13-10-17)27-24(29)16-28-25(30)23(33-26(28)31)15-21-20-8-6-5-7-18(20)11-14-22(21)32-4-2/h5-15H,3-4,16H2,1-2H3,(H,27,29)/b23-15+. The zero-order chi connectivity index (χ0) is 23.4. The maximum atomic E-state index is 13.0. The lowest BCUT2D eigenvalue weighted by Gasteiger charge is -2.13. The molecule has 0 atom stereocenters. The fourth-order valence-electron chi connectivity index (χ4n) is 3.64. The van der Waals surface area contributed by atoms with Crippen LogP contribution in [0.2, 0.25) is 0 Å². The van der Waals surface area contributed by atoms with E-state index in [1.54, 1.807) is 18.2 Å². The summed E-state index contributed by atoms with van der Waals surface area (Å²) in [5.41, 5.74) is 2.52. The lowest BCUT2D eigenvalue weighted by molar-refractivity contribution is -0.127. The van der Waals surface area contributed by atoms with Crippen molar-refractivity contribution in [1.29, 1.82) is 0 Å². The Hall–Kier alpha value is -3.58. The van der Waals surface area contributed by atoms with E-state index in [1.165, 1.54) is 0 Å². The summed E-state index contributed by atoms with van der Waals surface area (Å²) in [5.74, 6) is -0.281. The van der Waals surface area contributed by atoms with Gasteiger partial charge in [-0.05, 0) is 65.7 Å². The van der Waals surface area contributed by atoms with Crippen LogP contribution in [0.15, 0.2) is 65.6 Å². The van der Waals surface area contributed by atoms with Crippen molar-refractivity contribution >= 4 is 51.4 Å². The van der Waals surface area contributed by atoms with Crippen molar-refractivity contribution in [2.45, 2.75) is 20.3 Å². The third-order valence-electron chi connectivity index (χ3n) is 5.33. The summed E-state index contributed by atoms with van der Waals surface area (Å²) in [5, 5.41) is 4.19. The highest BCUT2D eigenvalue weighted by Crippen LogP contribution is 2.36. The van der Waals surface area contributed by atoms with Gasteiger partial charge in [0, 0.05) is 11.3 Å². The van der Waals surface area contributed by atoms with Gasteiger partial charge in [0.2, 0.25) is 5.91 Å². The number of anilines is 1. The topological polar surface area (TPSA) is 75.7 Å². The van der Waals surface area contributed by atoms with Gasteiger partial charge < -0.3 is 10.1 Å². The van der Waals surface area contributed by atoms with Crippen molar-refractivity contribution in [2.24, 2.45) is 0 Å². The predicted molar refractivity (Wildman–Crippen MR) is 132 cm³/mol. The molecule has 1 N–H and O–H groups in total. The van der Waals surface area contributed by atoms with E-state index in [0.717, 1.165) is 45.0 Å². The van der Waals surface area contributed by atoms with Crippen LogP contribution >= 0.6 is 11.8 Å². The summed E-state index contributed by atoms with van der Waals surface area (Å²) in [4.78, 5) is 39.3. The van der Waals surface area contributed by atoms with Gasteiger partial charge in [0.15, 0.2) is 0 Å².